The molecule has 1 atom stereocenters. The quantitative estimate of drug-likeness (QED) is 0.719. The number of carbonyl (C=O) groups excluding carboxylic acids is 1. The van der Waals surface area contributed by atoms with Crippen LogP contribution in [-0.2, 0) is 4.79 Å². The molecule has 0 bridgehead atoms. The van der Waals surface area contributed by atoms with Crippen molar-refractivity contribution in [2.24, 2.45) is 5.73 Å². The van der Waals surface area contributed by atoms with Gasteiger partial charge in [-0.25, -0.2) is 0 Å². The molecule has 0 aliphatic carbocycles. The third-order valence-electron chi connectivity index (χ3n) is 5.22. The summed E-state index contributed by atoms with van der Waals surface area (Å²) in [6, 6.07) is 21.3. The average Bonchev–Trinajstić information content (AvgIpc) is 2.69. The van der Waals surface area contributed by atoms with Crippen LogP contribution in [0, 0.1) is 0 Å². The second-order valence-corrected chi connectivity index (χ2v) is 7.08. The number of nitrogens with two attached hydrogens (primary N) is 1. The summed E-state index contributed by atoms with van der Waals surface area (Å²) in [5.74, 6) is 0.196. The molecule has 138 valence electrons. The Bertz CT molecular complexity index is 635. The molecule has 0 saturated carbocycles. The summed E-state index contributed by atoms with van der Waals surface area (Å²) in [6.45, 7) is 3.59. The van der Waals surface area contributed by atoms with Gasteiger partial charge < -0.3 is 11.1 Å². The first-order valence-electron chi connectivity index (χ1n) is 9.59. The molecule has 1 saturated heterocycles. The van der Waals surface area contributed by atoms with Crippen molar-refractivity contribution in [2.45, 2.75) is 31.2 Å². The molecule has 1 amide bonds. The van der Waals surface area contributed by atoms with E-state index in [2.05, 4.69) is 70.9 Å². The Morgan fingerprint density at radius 2 is 1.65 bits per heavy atom. The first kappa shape index (κ1) is 18.6. The number of piperazine rings is 1. The minimum absolute atomic E-state index is 0.204. The molecule has 0 spiro atoms. The number of carbonyl (C=O) groups is 1. The van der Waals surface area contributed by atoms with E-state index in [9.17, 15) is 4.79 Å². The van der Waals surface area contributed by atoms with Crippen molar-refractivity contribution >= 4 is 5.91 Å². The van der Waals surface area contributed by atoms with Crippen LogP contribution >= 0.6 is 0 Å². The highest BCUT2D eigenvalue weighted by atomic mass is 16.1. The van der Waals surface area contributed by atoms with Crippen LogP contribution in [-0.4, -0.2) is 43.0 Å². The molecule has 2 aromatic carbocycles. The van der Waals surface area contributed by atoms with Gasteiger partial charge in [-0.15, -0.1) is 0 Å². The maximum Gasteiger partial charge on any atom is 0.235 e. The number of benzene rings is 2. The highest BCUT2D eigenvalue weighted by Gasteiger charge is 2.23. The monoisotopic (exact) mass is 351 g/mol. The molecule has 4 heteroatoms. The highest BCUT2D eigenvalue weighted by Crippen LogP contribution is 2.29. The number of unbranched alkanes of at least 4 members (excludes halogenated alkanes) is 1. The third-order valence-corrected chi connectivity index (χ3v) is 5.22. The van der Waals surface area contributed by atoms with Crippen molar-refractivity contribution in [2.75, 3.05) is 26.2 Å². The van der Waals surface area contributed by atoms with E-state index in [1.165, 1.54) is 17.5 Å². The first-order chi connectivity index (χ1) is 12.7. The van der Waals surface area contributed by atoms with Crippen molar-refractivity contribution in [3.05, 3.63) is 71.8 Å². The number of amides is 1. The van der Waals surface area contributed by atoms with Crippen LogP contribution in [0.2, 0.25) is 0 Å². The molecule has 3 rings (SSSR count). The van der Waals surface area contributed by atoms with E-state index in [0.29, 0.717) is 5.92 Å². The summed E-state index contributed by atoms with van der Waals surface area (Å²) in [5, 5.41) is 3.18. The number of nitrogens with one attached hydrogen (secondary N) is 1. The Hall–Kier alpha value is -2.17. The van der Waals surface area contributed by atoms with Gasteiger partial charge in [-0.05, 0) is 30.5 Å². The topological polar surface area (TPSA) is 58.4 Å². The number of rotatable bonds is 8. The second-order valence-electron chi connectivity index (χ2n) is 7.08. The van der Waals surface area contributed by atoms with E-state index < -0.39 is 0 Å². The molecular weight excluding hydrogens is 322 g/mol. The van der Waals surface area contributed by atoms with Crippen LogP contribution in [0.5, 0.6) is 0 Å². The van der Waals surface area contributed by atoms with Crippen molar-refractivity contribution in [1.29, 1.82) is 0 Å². The zero-order valence-electron chi connectivity index (χ0n) is 15.3. The van der Waals surface area contributed by atoms with E-state index in [4.69, 9.17) is 5.73 Å². The summed E-state index contributed by atoms with van der Waals surface area (Å²) in [7, 11) is 0. The van der Waals surface area contributed by atoms with E-state index in [-0.39, 0.29) is 11.9 Å². The van der Waals surface area contributed by atoms with Crippen LogP contribution in [0.3, 0.4) is 0 Å². The predicted molar refractivity (Wildman–Crippen MR) is 106 cm³/mol. The fraction of sp³-hybridized carbons (Fsp3) is 0.409. The first-order valence-corrected chi connectivity index (χ1v) is 9.59. The Morgan fingerprint density at radius 3 is 2.23 bits per heavy atom. The molecule has 2 aromatic rings. The Balaban J connectivity index is 1.53. The smallest absolute Gasteiger partial charge is 0.235 e. The fourth-order valence-corrected chi connectivity index (χ4v) is 3.78. The molecule has 1 fully saturated rings. The molecule has 1 aliphatic heterocycles. The van der Waals surface area contributed by atoms with Crippen LogP contribution in [0.4, 0.5) is 0 Å². The lowest BCUT2D eigenvalue weighted by atomic mass is 9.87. The predicted octanol–water partition coefficient (Wildman–Crippen LogP) is 2.75. The van der Waals surface area contributed by atoms with Gasteiger partial charge in [0.2, 0.25) is 5.91 Å². The van der Waals surface area contributed by atoms with Crippen molar-refractivity contribution in [3.8, 4) is 0 Å². The minimum atomic E-state index is -0.247. The van der Waals surface area contributed by atoms with Gasteiger partial charge in [0.15, 0.2) is 0 Å². The highest BCUT2D eigenvalue weighted by molar-refractivity contribution is 5.80. The second kappa shape index (κ2) is 9.51. The molecule has 0 aromatic heterocycles. The van der Waals surface area contributed by atoms with Crippen LogP contribution in [0.15, 0.2) is 60.7 Å². The molecule has 0 radical (unpaired) electrons. The van der Waals surface area contributed by atoms with Gasteiger partial charge in [0.1, 0.15) is 0 Å². The molecule has 1 unspecified atom stereocenters. The molecule has 3 N–H and O–H groups in total. The molecule has 26 heavy (non-hydrogen) atoms. The molecule has 1 heterocycles. The summed E-state index contributed by atoms with van der Waals surface area (Å²) >= 11 is 0. The summed E-state index contributed by atoms with van der Waals surface area (Å²) in [6.07, 6.45) is 3.45. The zero-order valence-corrected chi connectivity index (χ0v) is 15.3. The van der Waals surface area contributed by atoms with Crippen LogP contribution in [0.25, 0.3) is 0 Å². The number of nitrogens with zero attached hydrogens (tertiary/aromatic N) is 1. The lowest BCUT2D eigenvalue weighted by Crippen LogP contribution is -2.56. The fourth-order valence-electron chi connectivity index (χ4n) is 3.78. The zero-order chi connectivity index (χ0) is 18.2. The van der Waals surface area contributed by atoms with Gasteiger partial charge in [-0.2, -0.15) is 0 Å². The van der Waals surface area contributed by atoms with E-state index in [1.807, 2.05) is 0 Å². The van der Waals surface area contributed by atoms with Gasteiger partial charge in [-0.1, -0.05) is 67.1 Å². The Kier molecular flexibility index (Phi) is 6.81. The van der Waals surface area contributed by atoms with Gasteiger partial charge >= 0.3 is 0 Å². The lowest BCUT2D eigenvalue weighted by molar-refractivity contribution is -0.121. The van der Waals surface area contributed by atoms with Gasteiger partial charge in [-0.3, -0.25) is 9.69 Å². The molecule has 1 aliphatic rings. The maximum atomic E-state index is 11.4. The van der Waals surface area contributed by atoms with E-state index in [1.54, 1.807) is 0 Å². The standard InChI is InChI=1S/C22H29N3O/c23-22(26)21-17-25(16-14-24-21)15-8-7-13-20(18-9-3-1-4-10-18)19-11-5-2-6-12-19/h1-6,9-12,20-21,24H,7-8,13-17H2,(H2,23,26). The van der Waals surface area contributed by atoms with Crippen LogP contribution in [0.1, 0.15) is 36.3 Å². The van der Waals surface area contributed by atoms with E-state index >= 15 is 0 Å². The summed E-state index contributed by atoms with van der Waals surface area (Å²) < 4.78 is 0. The number of hydrogen-bond acceptors (Lipinski definition) is 3. The Morgan fingerprint density at radius 1 is 1.04 bits per heavy atom. The van der Waals surface area contributed by atoms with Gasteiger partial charge in [0.25, 0.3) is 0 Å². The molecular formula is C22H29N3O. The SMILES string of the molecule is NC(=O)C1CN(CCCCC(c2ccccc2)c2ccccc2)CCN1. The van der Waals surface area contributed by atoms with Gasteiger partial charge in [0, 0.05) is 25.6 Å². The minimum Gasteiger partial charge on any atom is -0.368 e. The summed E-state index contributed by atoms with van der Waals surface area (Å²) in [5.41, 5.74) is 8.19. The third kappa shape index (κ3) is 5.16. The largest absolute Gasteiger partial charge is 0.368 e. The average molecular weight is 351 g/mol. The lowest BCUT2D eigenvalue weighted by Gasteiger charge is -2.32. The molecule has 4 nitrogen and oxygen atoms in total. The maximum absolute atomic E-state index is 11.4. The number of primary amides is 1. The number of hydrogen-bond donors (Lipinski definition) is 2. The van der Waals surface area contributed by atoms with E-state index in [0.717, 1.165) is 39.0 Å². The Labute approximate surface area is 156 Å². The summed E-state index contributed by atoms with van der Waals surface area (Å²) in [4.78, 5) is 13.7. The van der Waals surface area contributed by atoms with Crippen LogP contribution < -0.4 is 11.1 Å². The van der Waals surface area contributed by atoms with Crippen molar-refractivity contribution in [1.82, 2.24) is 10.2 Å². The van der Waals surface area contributed by atoms with Crippen molar-refractivity contribution < 1.29 is 4.79 Å². The normalized spacial score (nSPS) is 18.1. The van der Waals surface area contributed by atoms with Gasteiger partial charge in [0.05, 0.1) is 6.04 Å². The van der Waals surface area contributed by atoms with Crippen molar-refractivity contribution in [3.63, 3.8) is 0 Å².